The second-order valence-corrected chi connectivity index (χ2v) is 10.2. The second-order valence-electron chi connectivity index (χ2n) is 10.2. The summed E-state index contributed by atoms with van der Waals surface area (Å²) in [7, 11) is 2.99. The first-order valence-electron chi connectivity index (χ1n) is 12.9. The number of phenolic OH excluding ortho intramolecular Hbond substituents is 1. The van der Waals surface area contributed by atoms with Gasteiger partial charge < -0.3 is 30.0 Å². The first-order chi connectivity index (χ1) is 18.4. The fraction of sp³-hybridized carbons (Fsp3) is 0.323. The number of phenols is 1. The molecule has 2 atom stereocenters. The van der Waals surface area contributed by atoms with Gasteiger partial charge in [0.15, 0.2) is 17.3 Å². The zero-order valence-electron chi connectivity index (χ0n) is 22.2. The maximum atomic E-state index is 13.8. The van der Waals surface area contributed by atoms with E-state index in [0.29, 0.717) is 30.9 Å². The number of carbonyl (C=O) groups is 1. The molecule has 0 spiro atoms. The van der Waals surface area contributed by atoms with E-state index in [1.165, 1.54) is 14.2 Å². The lowest BCUT2D eigenvalue weighted by atomic mass is 9.78. The molecule has 0 amide bonds. The Morgan fingerprint density at radius 2 is 1.58 bits per heavy atom. The van der Waals surface area contributed by atoms with Gasteiger partial charge in [0.1, 0.15) is 5.75 Å². The van der Waals surface area contributed by atoms with E-state index in [1.54, 1.807) is 12.1 Å². The van der Waals surface area contributed by atoms with Crippen molar-refractivity contribution in [1.29, 1.82) is 0 Å². The van der Waals surface area contributed by atoms with E-state index in [-0.39, 0.29) is 28.9 Å². The summed E-state index contributed by atoms with van der Waals surface area (Å²) < 4.78 is 16.7. The molecule has 3 aromatic rings. The number of nitrogens with one attached hydrogen (secondary N) is 2. The average molecular weight is 515 g/mol. The molecule has 1 aliphatic carbocycles. The van der Waals surface area contributed by atoms with Crippen LogP contribution in [0.2, 0.25) is 0 Å². The van der Waals surface area contributed by atoms with Gasteiger partial charge in [-0.05, 0) is 65.8 Å². The Balaban J connectivity index is 1.53. The van der Waals surface area contributed by atoms with Crippen LogP contribution in [0, 0.1) is 5.92 Å². The highest BCUT2D eigenvalue weighted by Crippen LogP contribution is 2.47. The normalized spacial score (nSPS) is 18.6. The summed E-state index contributed by atoms with van der Waals surface area (Å²) in [5.41, 5.74) is 5.24. The zero-order chi connectivity index (χ0) is 26.8. The number of allylic oxidation sites excluding steroid dienone is 1. The average Bonchev–Trinajstić information content (AvgIpc) is 3.09. The Bertz CT molecular complexity index is 1340. The van der Waals surface area contributed by atoms with E-state index in [4.69, 9.17) is 14.2 Å². The molecule has 0 bridgehead atoms. The molecule has 5 rings (SSSR count). The van der Waals surface area contributed by atoms with Crippen molar-refractivity contribution >= 4 is 17.2 Å². The number of rotatable bonds is 7. The maximum absolute atomic E-state index is 13.8. The topological polar surface area (TPSA) is 89.1 Å². The monoisotopic (exact) mass is 514 g/mol. The summed E-state index contributed by atoms with van der Waals surface area (Å²) >= 11 is 0. The van der Waals surface area contributed by atoms with Crippen LogP contribution >= 0.6 is 0 Å². The Morgan fingerprint density at radius 3 is 2.21 bits per heavy atom. The van der Waals surface area contributed by atoms with Gasteiger partial charge in [0.2, 0.25) is 5.75 Å². The van der Waals surface area contributed by atoms with Gasteiger partial charge in [-0.15, -0.1) is 0 Å². The van der Waals surface area contributed by atoms with Crippen molar-refractivity contribution in [2.45, 2.75) is 38.6 Å². The number of para-hydroxylation sites is 2. The highest BCUT2D eigenvalue weighted by molar-refractivity contribution is 6.01. The van der Waals surface area contributed by atoms with Crippen LogP contribution in [0.3, 0.4) is 0 Å². The molecular weight excluding hydrogens is 480 g/mol. The first-order valence-corrected chi connectivity index (χ1v) is 12.9. The summed E-state index contributed by atoms with van der Waals surface area (Å²) in [6.07, 6.45) is 1.08. The van der Waals surface area contributed by atoms with Crippen LogP contribution in [0.1, 0.15) is 49.8 Å². The molecule has 38 heavy (non-hydrogen) atoms. The number of Topliss-reactive ketones (excluding diaryl/α,β-unsaturated/α-hetero) is 1. The minimum Gasteiger partial charge on any atom is -0.502 e. The fourth-order valence-corrected chi connectivity index (χ4v) is 5.16. The van der Waals surface area contributed by atoms with Gasteiger partial charge in [-0.2, -0.15) is 0 Å². The Hall–Kier alpha value is -4.13. The third kappa shape index (κ3) is 5.01. The molecule has 7 heteroatoms. The molecule has 3 aromatic carbocycles. The van der Waals surface area contributed by atoms with Crippen LogP contribution in [0.15, 0.2) is 71.9 Å². The van der Waals surface area contributed by atoms with Gasteiger partial charge in [0, 0.05) is 17.7 Å². The number of ether oxygens (including phenoxy) is 3. The van der Waals surface area contributed by atoms with Crippen LogP contribution in [0.4, 0.5) is 11.4 Å². The fourth-order valence-electron chi connectivity index (χ4n) is 5.16. The SMILES string of the molecule is COc1cc(C2Nc3ccccc3NC3=C2C(=O)CC(c2ccc(OCC(C)C)cc2)C3)cc(OC)c1O. The van der Waals surface area contributed by atoms with Crippen LogP contribution in [-0.2, 0) is 4.79 Å². The van der Waals surface area contributed by atoms with E-state index in [1.807, 2.05) is 36.4 Å². The summed E-state index contributed by atoms with van der Waals surface area (Å²) in [6, 6.07) is 19.1. The van der Waals surface area contributed by atoms with Crippen molar-refractivity contribution in [2.75, 3.05) is 31.5 Å². The van der Waals surface area contributed by atoms with Crippen molar-refractivity contribution in [1.82, 2.24) is 0 Å². The van der Waals surface area contributed by atoms with Crippen LogP contribution < -0.4 is 24.8 Å². The quantitative estimate of drug-likeness (QED) is 0.335. The number of ketones is 1. The molecule has 2 unspecified atom stereocenters. The number of benzene rings is 3. The number of methoxy groups -OCH3 is 2. The summed E-state index contributed by atoms with van der Waals surface area (Å²) in [6.45, 7) is 4.91. The second kappa shape index (κ2) is 10.7. The van der Waals surface area contributed by atoms with Crippen LogP contribution in [0.25, 0.3) is 0 Å². The molecule has 2 aliphatic rings. The number of hydrogen-bond acceptors (Lipinski definition) is 7. The number of aromatic hydroxyl groups is 1. The third-order valence-electron chi connectivity index (χ3n) is 7.08. The van der Waals surface area contributed by atoms with Gasteiger partial charge in [-0.3, -0.25) is 4.79 Å². The highest BCUT2D eigenvalue weighted by atomic mass is 16.5. The van der Waals surface area contributed by atoms with E-state index < -0.39 is 6.04 Å². The molecule has 198 valence electrons. The summed E-state index contributed by atoms with van der Waals surface area (Å²) in [5.74, 6) is 1.91. The van der Waals surface area contributed by atoms with E-state index >= 15 is 0 Å². The Kier molecular flexibility index (Phi) is 7.18. The molecule has 1 aliphatic heterocycles. The minimum atomic E-state index is -0.454. The van der Waals surface area contributed by atoms with Crippen LogP contribution in [0.5, 0.6) is 23.0 Å². The van der Waals surface area contributed by atoms with Gasteiger partial charge in [-0.25, -0.2) is 0 Å². The van der Waals surface area contributed by atoms with Crippen molar-refractivity contribution in [3.8, 4) is 23.0 Å². The number of anilines is 2. The minimum absolute atomic E-state index is 0.0442. The van der Waals surface area contributed by atoms with E-state index in [9.17, 15) is 9.90 Å². The standard InChI is InChI=1S/C31H34N2O5/c1-18(2)17-38-22-11-9-19(10-12-22)20-13-25-29(26(34)14-20)30(33-24-8-6-5-7-23(24)32-25)21-15-27(36-3)31(35)28(16-21)37-4/h5-12,15-16,18,20,30,32-33,35H,13-14,17H2,1-4H3. The predicted molar refractivity (Wildman–Crippen MR) is 148 cm³/mol. The predicted octanol–water partition coefficient (Wildman–Crippen LogP) is 6.42. The number of carbonyl (C=O) groups excluding carboxylic acids is 1. The van der Waals surface area contributed by atoms with Gasteiger partial charge >= 0.3 is 0 Å². The lowest BCUT2D eigenvalue weighted by Gasteiger charge is -2.30. The zero-order valence-corrected chi connectivity index (χ0v) is 22.2. The third-order valence-corrected chi connectivity index (χ3v) is 7.08. The number of hydrogen-bond donors (Lipinski definition) is 3. The van der Waals surface area contributed by atoms with Crippen molar-refractivity contribution in [3.63, 3.8) is 0 Å². The lowest BCUT2D eigenvalue weighted by Crippen LogP contribution is -2.27. The van der Waals surface area contributed by atoms with E-state index in [2.05, 4.69) is 36.6 Å². The number of fused-ring (bicyclic) bond motifs is 1. The summed E-state index contributed by atoms with van der Waals surface area (Å²) in [5, 5.41) is 17.6. The van der Waals surface area contributed by atoms with Crippen molar-refractivity contribution in [2.24, 2.45) is 5.92 Å². The van der Waals surface area contributed by atoms with Crippen molar-refractivity contribution < 1.29 is 24.1 Å². The maximum Gasteiger partial charge on any atom is 0.200 e. The molecule has 1 heterocycles. The Labute approximate surface area is 223 Å². The molecule has 0 saturated heterocycles. The highest BCUT2D eigenvalue weighted by Gasteiger charge is 2.36. The van der Waals surface area contributed by atoms with Gasteiger partial charge in [0.05, 0.1) is 38.2 Å². The largest absolute Gasteiger partial charge is 0.502 e. The molecule has 0 fully saturated rings. The molecule has 0 radical (unpaired) electrons. The molecule has 3 N–H and O–H groups in total. The smallest absolute Gasteiger partial charge is 0.200 e. The molecule has 0 aromatic heterocycles. The first kappa shape index (κ1) is 25.5. The van der Waals surface area contributed by atoms with Crippen molar-refractivity contribution in [3.05, 3.63) is 83.1 Å². The van der Waals surface area contributed by atoms with Gasteiger partial charge in [-0.1, -0.05) is 38.1 Å². The lowest BCUT2D eigenvalue weighted by molar-refractivity contribution is -0.116. The Morgan fingerprint density at radius 1 is 0.921 bits per heavy atom. The molecular formula is C31H34N2O5. The van der Waals surface area contributed by atoms with Crippen LogP contribution in [-0.4, -0.2) is 31.7 Å². The van der Waals surface area contributed by atoms with Gasteiger partial charge in [0.25, 0.3) is 0 Å². The molecule has 7 nitrogen and oxygen atoms in total. The van der Waals surface area contributed by atoms with E-state index in [0.717, 1.165) is 33.9 Å². The summed E-state index contributed by atoms with van der Waals surface area (Å²) in [4.78, 5) is 13.8. The molecule has 0 saturated carbocycles.